The largest absolute Gasteiger partial charge is 0.339 e. The standard InChI is InChI=1S/C16H20N2O2S/c1-11-15(19)17-14(12-6-3-2-4-7-12)16(20)18(11)13-8-5-9-21-10-13/h2-4,6-7,11,13-14H,5,8-10H2,1H3,(H,17,19). The molecule has 0 aliphatic carbocycles. The van der Waals surface area contributed by atoms with Gasteiger partial charge in [-0.25, -0.2) is 0 Å². The fourth-order valence-corrected chi connectivity index (χ4v) is 4.24. The van der Waals surface area contributed by atoms with Crippen LogP contribution in [-0.2, 0) is 9.59 Å². The van der Waals surface area contributed by atoms with Gasteiger partial charge in [-0.05, 0) is 31.1 Å². The number of benzene rings is 1. The molecule has 0 saturated carbocycles. The van der Waals surface area contributed by atoms with Crippen molar-refractivity contribution in [3.05, 3.63) is 35.9 Å². The normalized spacial score (nSPS) is 30.1. The number of nitrogens with one attached hydrogen (secondary N) is 1. The third-order valence-electron chi connectivity index (χ3n) is 4.25. The zero-order valence-electron chi connectivity index (χ0n) is 12.1. The molecule has 2 amide bonds. The molecule has 21 heavy (non-hydrogen) atoms. The van der Waals surface area contributed by atoms with E-state index in [4.69, 9.17) is 0 Å². The second-order valence-corrected chi connectivity index (χ2v) is 6.79. The summed E-state index contributed by atoms with van der Waals surface area (Å²) >= 11 is 1.87. The molecule has 0 bridgehead atoms. The van der Waals surface area contributed by atoms with Crippen LogP contribution in [0.25, 0.3) is 0 Å². The summed E-state index contributed by atoms with van der Waals surface area (Å²) in [5.74, 6) is 2.06. The minimum absolute atomic E-state index is 0.0285. The summed E-state index contributed by atoms with van der Waals surface area (Å²) in [5.41, 5.74) is 0.858. The van der Waals surface area contributed by atoms with Gasteiger partial charge in [0.1, 0.15) is 12.1 Å². The van der Waals surface area contributed by atoms with Crippen molar-refractivity contribution in [2.75, 3.05) is 11.5 Å². The van der Waals surface area contributed by atoms with E-state index in [2.05, 4.69) is 5.32 Å². The van der Waals surface area contributed by atoms with E-state index in [-0.39, 0.29) is 23.9 Å². The van der Waals surface area contributed by atoms with E-state index in [0.29, 0.717) is 0 Å². The Kier molecular flexibility index (Phi) is 4.19. The number of hydrogen-bond acceptors (Lipinski definition) is 3. The predicted molar refractivity (Wildman–Crippen MR) is 84.0 cm³/mol. The molecule has 2 aliphatic heterocycles. The van der Waals surface area contributed by atoms with Crippen LogP contribution in [0.5, 0.6) is 0 Å². The molecule has 0 aromatic heterocycles. The van der Waals surface area contributed by atoms with Gasteiger partial charge in [0.15, 0.2) is 0 Å². The highest BCUT2D eigenvalue weighted by atomic mass is 32.2. The lowest BCUT2D eigenvalue weighted by atomic mass is 9.98. The number of nitrogens with zero attached hydrogens (tertiary/aromatic N) is 1. The molecule has 4 nitrogen and oxygen atoms in total. The first kappa shape index (κ1) is 14.4. The number of piperazine rings is 1. The maximum Gasteiger partial charge on any atom is 0.250 e. The van der Waals surface area contributed by atoms with Gasteiger partial charge in [0.2, 0.25) is 5.91 Å². The first-order chi connectivity index (χ1) is 10.2. The minimum Gasteiger partial charge on any atom is -0.339 e. The van der Waals surface area contributed by atoms with E-state index in [1.165, 1.54) is 0 Å². The fourth-order valence-electron chi connectivity index (χ4n) is 3.10. The molecule has 1 aromatic rings. The number of thioether (sulfide) groups is 1. The summed E-state index contributed by atoms with van der Waals surface area (Å²) < 4.78 is 0. The number of amides is 2. The molecule has 2 fully saturated rings. The molecule has 0 spiro atoms. The summed E-state index contributed by atoms with van der Waals surface area (Å²) in [5, 5.41) is 2.86. The van der Waals surface area contributed by atoms with Gasteiger partial charge in [-0.15, -0.1) is 0 Å². The molecule has 3 atom stereocenters. The van der Waals surface area contributed by atoms with Gasteiger partial charge in [-0.3, -0.25) is 9.59 Å². The van der Waals surface area contributed by atoms with Gasteiger partial charge in [0.25, 0.3) is 5.91 Å². The lowest BCUT2D eigenvalue weighted by Crippen LogP contribution is -2.62. The Labute approximate surface area is 129 Å². The minimum atomic E-state index is -0.540. The average molecular weight is 304 g/mol. The molecular formula is C16H20N2O2S. The van der Waals surface area contributed by atoms with Gasteiger partial charge >= 0.3 is 0 Å². The third-order valence-corrected chi connectivity index (χ3v) is 5.45. The van der Waals surface area contributed by atoms with Crippen LogP contribution in [0.15, 0.2) is 30.3 Å². The summed E-state index contributed by atoms with van der Waals surface area (Å²) in [6.07, 6.45) is 2.11. The van der Waals surface area contributed by atoms with Crippen molar-refractivity contribution in [2.45, 2.75) is 37.9 Å². The Morgan fingerprint density at radius 2 is 2.00 bits per heavy atom. The highest BCUT2D eigenvalue weighted by molar-refractivity contribution is 7.99. The van der Waals surface area contributed by atoms with Crippen molar-refractivity contribution in [3.8, 4) is 0 Å². The van der Waals surface area contributed by atoms with Crippen LogP contribution in [-0.4, -0.2) is 40.3 Å². The summed E-state index contributed by atoms with van der Waals surface area (Å²) in [4.78, 5) is 27.0. The van der Waals surface area contributed by atoms with Crippen LogP contribution < -0.4 is 5.32 Å². The quantitative estimate of drug-likeness (QED) is 0.909. The molecule has 1 aromatic carbocycles. The molecule has 2 aliphatic rings. The topological polar surface area (TPSA) is 49.4 Å². The Bertz CT molecular complexity index is 528. The van der Waals surface area contributed by atoms with Crippen LogP contribution in [0, 0.1) is 0 Å². The Hall–Kier alpha value is -1.49. The predicted octanol–water partition coefficient (Wildman–Crippen LogP) is 1.97. The van der Waals surface area contributed by atoms with Crippen LogP contribution in [0.2, 0.25) is 0 Å². The van der Waals surface area contributed by atoms with E-state index in [0.717, 1.165) is 29.9 Å². The van der Waals surface area contributed by atoms with Crippen molar-refractivity contribution in [3.63, 3.8) is 0 Å². The van der Waals surface area contributed by atoms with Crippen molar-refractivity contribution < 1.29 is 9.59 Å². The van der Waals surface area contributed by atoms with Crippen LogP contribution in [0.3, 0.4) is 0 Å². The van der Waals surface area contributed by atoms with Gasteiger partial charge in [-0.1, -0.05) is 30.3 Å². The molecular weight excluding hydrogens is 284 g/mol. The first-order valence-corrected chi connectivity index (χ1v) is 8.59. The maximum atomic E-state index is 12.9. The molecule has 1 N–H and O–H groups in total. The highest BCUT2D eigenvalue weighted by Gasteiger charge is 2.42. The Balaban J connectivity index is 1.87. The summed E-state index contributed by atoms with van der Waals surface area (Å²) in [6, 6.07) is 8.77. The maximum absolute atomic E-state index is 12.9. The fraction of sp³-hybridized carbons (Fsp3) is 0.500. The van der Waals surface area contributed by atoms with Gasteiger partial charge in [0.05, 0.1) is 0 Å². The molecule has 0 radical (unpaired) electrons. The third kappa shape index (κ3) is 2.79. The lowest BCUT2D eigenvalue weighted by molar-refractivity contribution is -0.151. The Morgan fingerprint density at radius 3 is 2.67 bits per heavy atom. The molecule has 3 unspecified atom stereocenters. The monoisotopic (exact) mass is 304 g/mol. The van der Waals surface area contributed by atoms with Gasteiger partial charge in [0, 0.05) is 11.8 Å². The second kappa shape index (κ2) is 6.10. The van der Waals surface area contributed by atoms with Crippen LogP contribution in [0.1, 0.15) is 31.4 Å². The highest BCUT2D eigenvalue weighted by Crippen LogP contribution is 2.29. The van der Waals surface area contributed by atoms with Crippen molar-refractivity contribution >= 4 is 23.6 Å². The van der Waals surface area contributed by atoms with E-state index in [9.17, 15) is 9.59 Å². The van der Waals surface area contributed by atoms with Crippen LogP contribution >= 0.6 is 11.8 Å². The van der Waals surface area contributed by atoms with E-state index < -0.39 is 6.04 Å². The van der Waals surface area contributed by atoms with Gasteiger partial charge in [-0.2, -0.15) is 11.8 Å². The van der Waals surface area contributed by atoms with E-state index in [1.54, 1.807) is 0 Å². The zero-order chi connectivity index (χ0) is 14.8. The van der Waals surface area contributed by atoms with Crippen molar-refractivity contribution in [1.29, 1.82) is 0 Å². The number of rotatable bonds is 2. The second-order valence-electron chi connectivity index (χ2n) is 5.64. The lowest BCUT2D eigenvalue weighted by Gasteiger charge is -2.43. The van der Waals surface area contributed by atoms with E-state index in [1.807, 2.05) is 53.9 Å². The summed E-state index contributed by atoms with van der Waals surface area (Å²) in [7, 11) is 0. The number of hydrogen-bond donors (Lipinski definition) is 1. The SMILES string of the molecule is CC1C(=O)NC(c2ccccc2)C(=O)N1C1CCCSC1. The number of carbonyl (C=O) groups is 2. The zero-order valence-corrected chi connectivity index (χ0v) is 12.9. The van der Waals surface area contributed by atoms with Gasteiger partial charge < -0.3 is 10.2 Å². The van der Waals surface area contributed by atoms with Crippen molar-refractivity contribution in [2.24, 2.45) is 0 Å². The smallest absolute Gasteiger partial charge is 0.250 e. The number of carbonyl (C=O) groups excluding carboxylic acids is 2. The molecule has 2 heterocycles. The molecule has 3 rings (SSSR count). The first-order valence-electron chi connectivity index (χ1n) is 7.43. The van der Waals surface area contributed by atoms with Crippen LogP contribution in [0.4, 0.5) is 0 Å². The molecule has 5 heteroatoms. The molecule has 112 valence electrons. The molecule has 2 saturated heterocycles. The van der Waals surface area contributed by atoms with E-state index >= 15 is 0 Å². The summed E-state index contributed by atoms with van der Waals surface area (Å²) in [6.45, 7) is 1.83. The Morgan fingerprint density at radius 1 is 1.24 bits per heavy atom. The average Bonchev–Trinajstić information content (AvgIpc) is 2.53. The van der Waals surface area contributed by atoms with Crippen molar-refractivity contribution in [1.82, 2.24) is 10.2 Å².